The van der Waals surface area contributed by atoms with Crippen LogP contribution >= 0.6 is 0 Å². The highest BCUT2D eigenvalue weighted by Crippen LogP contribution is 2.76. The summed E-state index contributed by atoms with van der Waals surface area (Å²) >= 11 is 0. The number of rotatable bonds is 5. The molecule has 1 aromatic carbocycles. The zero-order valence-electron chi connectivity index (χ0n) is 28.5. The first-order chi connectivity index (χ1) is 21.5. The molecule has 5 aliphatic rings. The monoisotopic (exact) mass is 634 g/mol. The van der Waals surface area contributed by atoms with Gasteiger partial charge in [-0.1, -0.05) is 58.4 Å². The molecule has 46 heavy (non-hydrogen) atoms. The number of aromatic hydroxyl groups is 1. The molecule has 4 N–H and O–H groups in total. The first-order valence-corrected chi connectivity index (χ1v) is 17.4. The zero-order chi connectivity index (χ0) is 33.5. The van der Waals surface area contributed by atoms with Crippen LogP contribution in [0.15, 0.2) is 42.0 Å². The number of fused-ring (bicyclic) bond motifs is 7. The average Bonchev–Trinajstić information content (AvgIpc) is 3.00. The van der Waals surface area contributed by atoms with Crippen molar-refractivity contribution in [1.82, 2.24) is 0 Å². The first-order valence-electron chi connectivity index (χ1n) is 17.4. The van der Waals surface area contributed by atoms with Crippen molar-refractivity contribution in [2.75, 3.05) is 6.61 Å². The molecule has 11 unspecified atom stereocenters. The first kappa shape index (κ1) is 33.3. The summed E-state index contributed by atoms with van der Waals surface area (Å²) in [6, 6.07) is 6.61. The van der Waals surface area contributed by atoms with Crippen molar-refractivity contribution in [1.29, 1.82) is 0 Å². The number of allylic oxidation sites excluding steroid dienone is 1. The lowest BCUT2D eigenvalue weighted by atomic mass is 9.33. The van der Waals surface area contributed by atoms with Gasteiger partial charge in [-0.25, -0.2) is 4.79 Å². The van der Waals surface area contributed by atoms with Crippen LogP contribution in [0.3, 0.4) is 0 Å². The second-order valence-electron chi connectivity index (χ2n) is 16.9. The van der Waals surface area contributed by atoms with Gasteiger partial charge in [0.2, 0.25) is 0 Å². The molecule has 252 valence electrons. The second kappa shape index (κ2) is 10.9. The average molecular weight is 635 g/mol. The van der Waals surface area contributed by atoms with E-state index in [2.05, 4.69) is 40.7 Å². The minimum Gasteiger partial charge on any atom is -0.508 e. The number of carboxylic acids is 1. The fraction of sp³-hybridized carbons (Fsp3) is 0.692. The predicted octanol–water partition coefficient (Wildman–Crippen LogP) is 7.15. The summed E-state index contributed by atoms with van der Waals surface area (Å²) in [6.07, 6.45) is 11.9. The molecule has 5 aliphatic carbocycles. The molecular formula is C39H54O7. The number of benzene rings is 1. The maximum absolute atomic E-state index is 13.0. The van der Waals surface area contributed by atoms with E-state index in [4.69, 9.17) is 4.74 Å². The molecule has 11 atom stereocenters. The van der Waals surface area contributed by atoms with Crippen molar-refractivity contribution in [3.63, 3.8) is 0 Å². The Morgan fingerprint density at radius 1 is 0.935 bits per heavy atom. The van der Waals surface area contributed by atoms with E-state index in [0.29, 0.717) is 25.2 Å². The van der Waals surface area contributed by atoms with E-state index in [1.165, 1.54) is 11.6 Å². The largest absolute Gasteiger partial charge is 0.508 e. The standard InChI is InChI=1S/C39H54O7/c1-24-15-20-39(33(43)44)22-21-36(4)27(32(39)38(24,6)45)12-13-29-34(2)18-17-30(35(3,23-40)28(34)16-19-37(29,36)5)46-31(42)14-9-25-7-10-26(41)11-8-25/h7-12,14,24,28-30,32,40-41,45H,13,15-23H2,1-6H3,(H,43,44)/b14-9+. The topological polar surface area (TPSA) is 124 Å². The molecule has 0 aromatic heterocycles. The van der Waals surface area contributed by atoms with Crippen LogP contribution in [-0.2, 0) is 14.3 Å². The summed E-state index contributed by atoms with van der Waals surface area (Å²) in [5.74, 6) is -0.959. The molecule has 4 fully saturated rings. The maximum atomic E-state index is 13.0. The fourth-order valence-corrected chi connectivity index (χ4v) is 12.0. The smallest absolute Gasteiger partial charge is 0.331 e. The van der Waals surface area contributed by atoms with Gasteiger partial charge in [-0.2, -0.15) is 0 Å². The number of aliphatic hydroxyl groups is 2. The maximum Gasteiger partial charge on any atom is 0.331 e. The van der Waals surface area contributed by atoms with Gasteiger partial charge < -0.3 is 25.2 Å². The Morgan fingerprint density at radius 3 is 2.28 bits per heavy atom. The Bertz CT molecular complexity index is 1440. The van der Waals surface area contributed by atoms with E-state index in [9.17, 15) is 30.0 Å². The van der Waals surface area contributed by atoms with Crippen LogP contribution in [0.2, 0.25) is 0 Å². The number of ether oxygens (including phenoxy) is 1. The van der Waals surface area contributed by atoms with Crippen LogP contribution in [0, 0.1) is 50.7 Å². The van der Waals surface area contributed by atoms with E-state index in [-0.39, 0.29) is 40.4 Å². The third-order valence-electron chi connectivity index (χ3n) is 15.1. The molecule has 0 heterocycles. The van der Waals surface area contributed by atoms with Gasteiger partial charge >= 0.3 is 11.9 Å². The highest BCUT2D eigenvalue weighted by molar-refractivity contribution is 5.87. The van der Waals surface area contributed by atoms with E-state index in [1.807, 2.05) is 6.92 Å². The van der Waals surface area contributed by atoms with Gasteiger partial charge in [0.15, 0.2) is 0 Å². The molecule has 0 amide bonds. The number of hydrogen-bond acceptors (Lipinski definition) is 6. The van der Waals surface area contributed by atoms with Gasteiger partial charge in [0.05, 0.1) is 17.6 Å². The minimum absolute atomic E-state index is 0.0196. The van der Waals surface area contributed by atoms with Crippen LogP contribution in [0.4, 0.5) is 0 Å². The number of esters is 1. The molecule has 0 saturated heterocycles. The SMILES string of the molecule is CC1CCC2(C(=O)O)CCC3(C)C(=CCC4C5(C)CCC(OC(=O)/C=C/c6ccc(O)cc6)C(C)(CO)C5CCC43C)C2C1(C)O. The summed E-state index contributed by atoms with van der Waals surface area (Å²) in [5, 5.41) is 43.2. The normalized spacial score (nSPS) is 46.7. The van der Waals surface area contributed by atoms with Gasteiger partial charge in [-0.3, -0.25) is 4.79 Å². The summed E-state index contributed by atoms with van der Waals surface area (Å²) in [4.78, 5) is 26.0. The molecule has 0 spiro atoms. The molecule has 4 saturated carbocycles. The lowest BCUT2D eigenvalue weighted by molar-refractivity contribution is -0.229. The quantitative estimate of drug-likeness (QED) is 0.154. The van der Waals surface area contributed by atoms with Gasteiger partial charge in [0, 0.05) is 17.4 Å². The Kier molecular flexibility index (Phi) is 7.92. The highest BCUT2D eigenvalue weighted by Gasteiger charge is 2.71. The van der Waals surface area contributed by atoms with Crippen molar-refractivity contribution < 1.29 is 34.8 Å². The van der Waals surface area contributed by atoms with E-state index in [0.717, 1.165) is 44.1 Å². The van der Waals surface area contributed by atoms with Crippen molar-refractivity contribution in [3.05, 3.63) is 47.6 Å². The Balaban J connectivity index is 1.30. The van der Waals surface area contributed by atoms with Crippen molar-refractivity contribution in [2.45, 2.75) is 111 Å². The van der Waals surface area contributed by atoms with Crippen LogP contribution in [0.5, 0.6) is 5.75 Å². The molecule has 0 bridgehead atoms. The third-order valence-corrected chi connectivity index (χ3v) is 15.1. The Morgan fingerprint density at radius 2 is 1.63 bits per heavy atom. The number of aliphatic hydroxyl groups excluding tert-OH is 1. The lowest BCUT2D eigenvalue weighted by Crippen LogP contribution is -2.68. The summed E-state index contributed by atoms with van der Waals surface area (Å²) < 4.78 is 6.10. The molecule has 7 heteroatoms. The van der Waals surface area contributed by atoms with E-state index in [1.54, 1.807) is 30.3 Å². The molecule has 0 aliphatic heterocycles. The van der Waals surface area contributed by atoms with Crippen molar-refractivity contribution in [2.24, 2.45) is 50.7 Å². The fourth-order valence-electron chi connectivity index (χ4n) is 12.0. The van der Waals surface area contributed by atoms with Crippen LogP contribution < -0.4 is 0 Å². The summed E-state index contributed by atoms with van der Waals surface area (Å²) in [5.41, 5.74) is -1.12. The molecule has 1 aromatic rings. The number of hydrogen-bond donors (Lipinski definition) is 4. The molecule has 0 radical (unpaired) electrons. The minimum atomic E-state index is -1.09. The highest BCUT2D eigenvalue weighted by atomic mass is 16.5. The predicted molar refractivity (Wildman–Crippen MR) is 176 cm³/mol. The summed E-state index contributed by atoms with van der Waals surface area (Å²) in [6.45, 7) is 13.1. The van der Waals surface area contributed by atoms with Crippen molar-refractivity contribution in [3.8, 4) is 5.75 Å². The molecular weight excluding hydrogens is 580 g/mol. The second-order valence-corrected chi connectivity index (χ2v) is 16.9. The van der Waals surface area contributed by atoms with Gasteiger partial charge in [-0.05, 0) is 122 Å². The lowest BCUT2D eigenvalue weighted by Gasteiger charge is -2.72. The number of aliphatic carboxylic acids is 1. The zero-order valence-corrected chi connectivity index (χ0v) is 28.5. The third kappa shape index (κ3) is 4.50. The van der Waals surface area contributed by atoms with Gasteiger partial charge in [0.1, 0.15) is 11.9 Å². The number of phenolic OH excluding ortho intramolecular Hbond substituents is 1. The van der Waals surface area contributed by atoms with Crippen LogP contribution in [0.25, 0.3) is 6.08 Å². The Labute approximate surface area is 274 Å². The van der Waals surface area contributed by atoms with Gasteiger partial charge in [-0.15, -0.1) is 0 Å². The Hall–Kier alpha value is -2.64. The van der Waals surface area contributed by atoms with Crippen molar-refractivity contribution >= 4 is 18.0 Å². The number of carbonyl (C=O) groups is 2. The molecule has 7 nitrogen and oxygen atoms in total. The summed E-state index contributed by atoms with van der Waals surface area (Å²) in [7, 11) is 0. The van der Waals surface area contributed by atoms with Crippen LogP contribution in [-0.4, -0.2) is 50.7 Å². The number of carbonyl (C=O) groups excluding carboxylic acids is 1. The molecule has 6 rings (SSSR count). The number of phenols is 1. The van der Waals surface area contributed by atoms with E-state index < -0.39 is 40.4 Å². The van der Waals surface area contributed by atoms with Crippen LogP contribution in [0.1, 0.15) is 105 Å². The van der Waals surface area contributed by atoms with E-state index >= 15 is 0 Å². The number of carboxylic acid groups (broad SMARTS) is 1. The van der Waals surface area contributed by atoms with Gasteiger partial charge in [0.25, 0.3) is 0 Å².